The first-order valence-electron chi connectivity index (χ1n) is 3.51. The number of halogens is 1. The summed E-state index contributed by atoms with van der Waals surface area (Å²) in [7, 11) is 0. The van der Waals surface area contributed by atoms with Crippen molar-refractivity contribution in [2.24, 2.45) is 0 Å². The van der Waals surface area contributed by atoms with Crippen molar-refractivity contribution in [2.75, 3.05) is 0 Å². The minimum Gasteiger partial charge on any atom is -0.356 e. The third kappa shape index (κ3) is 0.909. The summed E-state index contributed by atoms with van der Waals surface area (Å²) in [6, 6.07) is 6.99. The van der Waals surface area contributed by atoms with E-state index in [1.165, 1.54) is 6.07 Å². The highest BCUT2D eigenvalue weighted by Crippen LogP contribution is 2.17. The van der Waals surface area contributed by atoms with E-state index in [0.29, 0.717) is 5.52 Å². The van der Waals surface area contributed by atoms with Crippen LogP contribution in [0.1, 0.15) is 5.69 Å². The number of aryl methyl sites for hydroxylation is 1. The van der Waals surface area contributed by atoms with Crippen molar-refractivity contribution in [2.45, 2.75) is 6.92 Å². The summed E-state index contributed by atoms with van der Waals surface area (Å²) in [5.41, 5.74) is 1.59. The largest absolute Gasteiger partial charge is 0.356 e. The topological polar surface area (TPSA) is 15.8 Å². The zero-order valence-electron chi connectivity index (χ0n) is 6.19. The maximum atomic E-state index is 13.0. The molecule has 0 bridgehead atoms. The van der Waals surface area contributed by atoms with Crippen molar-refractivity contribution >= 4 is 10.9 Å². The van der Waals surface area contributed by atoms with Crippen LogP contribution in [0.15, 0.2) is 24.3 Å². The maximum absolute atomic E-state index is 13.0. The summed E-state index contributed by atoms with van der Waals surface area (Å²) < 4.78 is 13.0. The Balaban J connectivity index is 2.90. The summed E-state index contributed by atoms with van der Waals surface area (Å²) in [6.45, 7) is 1.92. The van der Waals surface area contributed by atoms with Gasteiger partial charge >= 0.3 is 0 Å². The van der Waals surface area contributed by atoms with E-state index in [0.717, 1.165) is 11.1 Å². The first-order valence-corrected chi connectivity index (χ1v) is 3.51. The monoisotopic (exact) mass is 149 g/mol. The number of hydrogen-bond donors (Lipinski definition) is 1. The van der Waals surface area contributed by atoms with Crippen molar-refractivity contribution < 1.29 is 4.39 Å². The first kappa shape index (κ1) is 6.40. The zero-order chi connectivity index (χ0) is 7.84. The minimum atomic E-state index is -0.185. The molecule has 0 aliphatic heterocycles. The number of aromatic nitrogens is 1. The summed E-state index contributed by atoms with van der Waals surface area (Å²) in [6.07, 6.45) is 0. The Morgan fingerprint density at radius 3 is 2.91 bits per heavy atom. The van der Waals surface area contributed by atoms with Crippen molar-refractivity contribution in [3.05, 3.63) is 35.8 Å². The van der Waals surface area contributed by atoms with Crippen LogP contribution in [0.4, 0.5) is 4.39 Å². The van der Waals surface area contributed by atoms with E-state index in [9.17, 15) is 4.39 Å². The molecule has 0 aliphatic rings. The number of nitrogens with one attached hydrogen (secondary N) is 1. The Morgan fingerprint density at radius 2 is 2.18 bits per heavy atom. The van der Waals surface area contributed by atoms with Gasteiger partial charge in [-0.1, -0.05) is 12.1 Å². The van der Waals surface area contributed by atoms with Crippen LogP contribution in [0.3, 0.4) is 0 Å². The average Bonchev–Trinajstić information content (AvgIpc) is 2.31. The van der Waals surface area contributed by atoms with Gasteiger partial charge in [0.1, 0.15) is 5.82 Å². The lowest BCUT2D eigenvalue weighted by atomic mass is 10.2. The molecule has 2 rings (SSSR count). The molecular formula is C9H8FN. The predicted molar refractivity (Wildman–Crippen MR) is 43.0 cm³/mol. The number of para-hydroxylation sites is 1. The van der Waals surface area contributed by atoms with Gasteiger partial charge in [-0.05, 0) is 19.1 Å². The van der Waals surface area contributed by atoms with E-state index in [2.05, 4.69) is 4.98 Å². The molecule has 11 heavy (non-hydrogen) atoms. The fourth-order valence-corrected chi connectivity index (χ4v) is 1.26. The van der Waals surface area contributed by atoms with E-state index < -0.39 is 0 Å². The molecule has 1 N–H and O–H groups in total. The lowest BCUT2D eigenvalue weighted by Crippen LogP contribution is -1.75. The molecule has 1 nitrogen and oxygen atoms in total. The van der Waals surface area contributed by atoms with Gasteiger partial charge in [0.05, 0.1) is 5.52 Å². The normalized spacial score (nSPS) is 10.7. The molecule has 1 aromatic carbocycles. The molecular weight excluding hydrogens is 141 g/mol. The fraction of sp³-hybridized carbons (Fsp3) is 0.111. The van der Waals surface area contributed by atoms with E-state index >= 15 is 0 Å². The molecule has 2 heteroatoms. The van der Waals surface area contributed by atoms with Crippen molar-refractivity contribution in [3.8, 4) is 0 Å². The third-order valence-corrected chi connectivity index (χ3v) is 1.74. The maximum Gasteiger partial charge on any atom is 0.147 e. The smallest absolute Gasteiger partial charge is 0.147 e. The fourth-order valence-electron chi connectivity index (χ4n) is 1.26. The van der Waals surface area contributed by atoms with Crippen molar-refractivity contribution in [1.82, 2.24) is 4.98 Å². The molecule has 56 valence electrons. The van der Waals surface area contributed by atoms with Crippen LogP contribution in [-0.4, -0.2) is 4.98 Å². The van der Waals surface area contributed by atoms with E-state index in [1.807, 2.05) is 19.1 Å². The van der Waals surface area contributed by atoms with Gasteiger partial charge in [0.15, 0.2) is 0 Å². The predicted octanol–water partition coefficient (Wildman–Crippen LogP) is 2.62. The molecule has 0 fully saturated rings. The Morgan fingerprint density at radius 1 is 1.36 bits per heavy atom. The number of hydrogen-bond acceptors (Lipinski definition) is 0. The number of rotatable bonds is 0. The summed E-state index contributed by atoms with van der Waals surface area (Å²) in [4.78, 5) is 2.95. The summed E-state index contributed by atoms with van der Waals surface area (Å²) in [5, 5.41) is 0.933. The Bertz CT molecular complexity index is 389. The molecule has 1 heterocycles. The molecule has 0 radical (unpaired) electrons. The van der Waals surface area contributed by atoms with E-state index in [1.54, 1.807) is 6.07 Å². The van der Waals surface area contributed by atoms with Gasteiger partial charge in [-0.2, -0.15) is 0 Å². The van der Waals surface area contributed by atoms with Gasteiger partial charge in [-0.3, -0.25) is 0 Å². The average molecular weight is 149 g/mol. The van der Waals surface area contributed by atoms with Crippen LogP contribution < -0.4 is 0 Å². The van der Waals surface area contributed by atoms with Crippen molar-refractivity contribution in [1.29, 1.82) is 0 Å². The second-order valence-electron chi connectivity index (χ2n) is 2.66. The molecule has 1 aromatic heterocycles. The Hall–Kier alpha value is -1.31. The summed E-state index contributed by atoms with van der Waals surface area (Å²) in [5.74, 6) is -0.185. The van der Waals surface area contributed by atoms with Crippen molar-refractivity contribution in [3.63, 3.8) is 0 Å². The van der Waals surface area contributed by atoms with Gasteiger partial charge in [0.25, 0.3) is 0 Å². The quantitative estimate of drug-likeness (QED) is 0.592. The number of benzene rings is 1. The number of aromatic amines is 1. The lowest BCUT2D eigenvalue weighted by molar-refractivity contribution is 0.637. The Kier molecular flexibility index (Phi) is 1.22. The van der Waals surface area contributed by atoms with E-state index in [4.69, 9.17) is 0 Å². The first-order chi connectivity index (χ1) is 5.27. The van der Waals surface area contributed by atoms with Crippen LogP contribution in [0, 0.1) is 12.7 Å². The van der Waals surface area contributed by atoms with Crippen LogP contribution >= 0.6 is 0 Å². The molecule has 2 aromatic rings. The molecule has 0 saturated heterocycles. The molecule has 0 amide bonds. The minimum absolute atomic E-state index is 0.185. The van der Waals surface area contributed by atoms with Crippen LogP contribution in [0.2, 0.25) is 0 Å². The second-order valence-corrected chi connectivity index (χ2v) is 2.66. The lowest BCUT2D eigenvalue weighted by Gasteiger charge is -1.89. The molecule has 0 atom stereocenters. The number of fused-ring (bicyclic) bond motifs is 1. The zero-order valence-corrected chi connectivity index (χ0v) is 6.19. The number of H-pyrrole nitrogens is 1. The van der Waals surface area contributed by atoms with E-state index in [-0.39, 0.29) is 5.82 Å². The second kappa shape index (κ2) is 2.09. The standard InChI is InChI=1S/C9H8FN/c1-6-5-7-3-2-4-8(10)9(7)11-6/h2-5,11H,1H3. The molecule has 0 aliphatic carbocycles. The highest BCUT2D eigenvalue weighted by Gasteiger charge is 2.00. The molecule has 0 unspecified atom stereocenters. The van der Waals surface area contributed by atoms with Crippen LogP contribution in [0.25, 0.3) is 10.9 Å². The molecule has 0 saturated carbocycles. The van der Waals surface area contributed by atoms with Crippen LogP contribution in [-0.2, 0) is 0 Å². The SMILES string of the molecule is Cc1cc2cccc(F)c2[nH]1. The van der Waals surface area contributed by atoms with Gasteiger partial charge in [-0.25, -0.2) is 4.39 Å². The third-order valence-electron chi connectivity index (χ3n) is 1.74. The summed E-state index contributed by atoms with van der Waals surface area (Å²) >= 11 is 0. The molecule has 0 spiro atoms. The van der Waals surface area contributed by atoms with Gasteiger partial charge in [0.2, 0.25) is 0 Å². The van der Waals surface area contributed by atoms with Gasteiger partial charge in [0, 0.05) is 11.1 Å². The highest BCUT2D eigenvalue weighted by atomic mass is 19.1. The van der Waals surface area contributed by atoms with Gasteiger partial charge in [-0.15, -0.1) is 0 Å². The Labute approximate surface area is 63.9 Å². The van der Waals surface area contributed by atoms with Gasteiger partial charge < -0.3 is 4.98 Å². The van der Waals surface area contributed by atoms with Crippen LogP contribution in [0.5, 0.6) is 0 Å². The highest BCUT2D eigenvalue weighted by molar-refractivity contribution is 5.80.